The van der Waals surface area contributed by atoms with Gasteiger partial charge in [-0.05, 0) is 24.6 Å². The van der Waals surface area contributed by atoms with Crippen LogP contribution >= 0.6 is 0 Å². The zero-order valence-corrected chi connectivity index (χ0v) is 12.9. The molecule has 0 aliphatic rings. The number of rotatable bonds is 5. The van der Waals surface area contributed by atoms with E-state index in [1.807, 2.05) is 67.5 Å². The molecule has 0 radical (unpaired) electrons. The average Bonchev–Trinajstić information content (AvgIpc) is 2.55. The van der Waals surface area contributed by atoms with Gasteiger partial charge in [-0.2, -0.15) is 0 Å². The van der Waals surface area contributed by atoms with Crippen molar-refractivity contribution in [1.82, 2.24) is 4.90 Å². The van der Waals surface area contributed by atoms with Crippen LogP contribution in [0, 0.1) is 0 Å². The maximum Gasteiger partial charge on any atom is 0.242 e. The summed E-state index contributed by atoms with van der Waals surface area (Å²) >= 11 is 0. The van der Waals surface area contributed by atoms with Crippen LogP contribution < -0.4 is 4.90 Å². The van der Waals surface area contributed by atoms with Crippen molar-refractivity contribution in [3.05, 3.63) is 66.2 Å². The van der Waals surface area contributed by atoms with Crippen molar-refractivity contribution in [2.75, 3.05) is 25.5 Å². The Balaban J connectivity index is 2.00. The lowest BCUT2D eigenvalue weighted by atomic mass is 10.1. The molecule has 110 valence electrons. The van der Waals surface area contributed by atoms with Crippen molar-refractivity contribution in [3.8, 4) is 0 Å². The summed E-state index contributed by atoms with van der Waals surface area (Å²) in [4.78, 5) is 16.2. The lowest BCUT2D eigenvalue weighted by Crippen LogP contribution is -2.38. The molecule has 0 aliphatic carbocycles. The molecule has 0 saturated heterocycles. The fourth-order valence-corrected chi connectivity index (χ4v) is 2.26. The Morgan fingerprint density at radius 1 is 0.952 bits per heavy atom. The van der Waals surface area contributed by atoms with Crippen molar-refractivity contribution < 1.29 is 4.79 Å². The minimum absolute atomic E-state index is 0.0721. The minimum Gasteiger partial charge on any atom is -0.365 e. The molecular formula is C18H22N2O. The number of carbonyl (C=O) groups excluding carboxylic acids is 1. The van der Waals surface area contributed by atoms with E-state index in [1.165, 1.54) is 0 Å². The maximum absolute atomic E-state index is 12.4. The summed E-state index contributed by atoms with van der Waals surface area (Å²) < 4.78 is 0. The fourth-order valence-electron chi connectivity index (χ4n) is 2.26. The zero-order valence-electron chi connectivity index (χ0n) is 12.9. The van der Waals surface area contributed by atoms with Gasteiger partial charge in [-0.1, -0.05) is 48.5 Å². The molecule has 0 aromatic heterocycles. The van der Waals surface area contributed by atoms with Crippen LogP contribution in [0.5, 0.6) is 0 Å². The Hall–Kier alpha value is -2.29. The number of amides is 1. The van der Waals surface area contributed by atoms with Crippen LogP contribution in [-0.4, -0.2) is 31.4 Å². The van der Waals surface area contributed by atoms with Crippen LogP contribution in [0.4, 0.5) is 5.69 Å². The van der Waals surface area contributed by atoms with Gasteiger partial charge in [0.2, 0.25) is 5.91 Å². The molecule has 2 aromatic rings. The number of para-hydroxylation sites is 1. The molecule has 1 amide bonds. The molecule has 0 spiro atoms. The van der Waals surface area contributed by atoms with E-state index in [4.69, 9.17) is 0 Å². The highest BCUT2D eigenvalue weighted by atomic mass is 16.2. The smallest absolute Gasteiger partial charge is 0.242 e. The monoisotopic (exact) mass is 282 g/mol. The molecule has 3 heteroatoms. The first-order valence-corrected chi connectivity index (χ1v) is 7.16. The van der Waals surface area contributed by atoms with E-state index in [-0.39, 0.29) is 11.9 Å². The van der Waals surface area contributed by atoms with Gasteiger partial charge in [0, 0.05) is 19.8 Å². The summed E-state index contributed by atoms with van der Waals surface area (Å²) in [6, 6.07) is 20.1. The summed E-state index contributed by atoms with van der Waals surface area (Å²) in [5.74, 6) is 0.109. The van der Waals surface area contributed by atoms with Gasteiger partial charge in [0.15, 0.2) is 0 Å². The van der Waals surface area contributed by atoms with E-state index in [1.54, 1.807) is 4.90 Å². The third-order valence-electron chi connectivity index (χ3n) is 3.83. The normalized spacial score (nSPS) is 11.8. The molecule has 3 nitrogen and oxygen atoms in total. The molecular weight excluding hydrogens is 260 g/mol. The molecule has 0 unspecified atom stereocenters. The third-order valence-corrected chi connectivity index (χ3v) is 3.83. The summed E-state index contributed by atoms with van der Waals surface area (Å²) in [7, 11) is 3.80. The Morgan fingerprint density at radius 2 is 1.48 bits per heavy atom. The first kappa shape index (κ1) is 15.1. The van der Waals surface area contributed by atoms with Crippen molar-refractivity contribution in [1.29, 1.82) is 0 Å². The standard InChI is InChI=1S/C18H22N2O/c1-15(16-10-6-4-7-11-16)20(3)18(21)14-19(2)17-12-8-5-9-13-17/h4-13,15H,14H2,1-3H3/t15-/m0/s1. The third kappa shape index (κ3) is 3.85. The summed E-state index contributed by atoms with van der Waals surface area (Å²) in [5, 5.41) is 0. The van der Waals surface area contributed by atoms with Crippen molar-refractivity contribution in [2.24, 2.45) is 0 Å². The molecule has 0 N–H and O–H groups in total. The van der Waals surface area contributed by atoms with Gasteiger partial charge in [0.05, 0.1) is 12.6 Å². The highest BCUT2D eigenvalue weighted by Crippen LogP contribution is 2.19. The molecule has 0 aliphatic heterocycles. The lowest BCUT2D eigenvalue weighted by molar-refractivity contribution is -0.130. The van der Waals surface area contributed by atoms with Gasteiger partial charge < -0.3 is 9.80 Å². The second kappa shape index (κ2) is 6.93. The van der Waals surface area contributed by atoms with E-state index in [2.05, 4.69) is 19.1 Å². The number of carbonyl (C=O) groups is 1. The number of benzene rings is 2. The fraction of sp³-hybridized carbons (Fsp3) is 0.278. The Labute approximate surface area is 126 Å². The van der Waals surface area contributed by atoms with Gasteiger partial charge >= 0.3 is 0 Å². The van der Waals surface area contributed by atoms with Crippen LogP contribution in [0.2, 0.25) is 0 Å². The molecule has 21 heavy (non-hydrogen) atoms. The van der Waals surface area contributed by atoms with E-state index in [0.29, 0.717) is 6.54 Å². The highest BCUT2D eigenvalue weighted by Gasteiger charge is 2.18. The second-order valence-electron chi connectivity index (χ2n) is 5.28. The van der Waals surface area contributed by atoms with Crippen LogP contribution in [0.3, 0.4) is 0 Å². The van der Waals surface area contributed by atoms with E-state index >= 15 is 0 Å². The molecule has 0 bridgehead atoms. The molecule has 1 atom stereocenters. The minimum atomic E-state index is 0.0721. The summed E-state index contributed by atoms with van der Waals surface area (Å²) in [5.41, 5.74) is 2.20. The topological polar surface area (TPSA) is 23.6 Å². The van der Waals surface area contributed by atoms with Gasteiger partial charge in [-0.25, -0.2) is 0 Å². The number of hydrogen-bond donors (Lipinski definition) is 0. The first-order chi connectivity index (χ1) is 10.1. The maximum atomic E-state index is 12.4. The van der Waals surface area contributed by atoms with Crippen LogP contribution in [0.25, 0.3) is 0 Å². The molecule has 0 fully saturated rings. The van der Waals surface area contributed by atoms with Crippen molar-refractivity contribution in [3.63, 3.8) is 0 Å². The van der Waals surface area contributed by atoms with Crippen LogP contribution in [0.15, 0.2) is 60.7 Å². The summed E-state index contributed by atoms with van der Waals surface area (Å²) in [6.07, 6.45) is 0. The summed E-state index contributed by atoms with van der Waals surface area (Å²) in [6.45, 7) is 2.42. The van der Waals surface area contributed by atoms with E-state index in [0.717, 1.165) is 11.3 Å². The zero-order chi connectivity index (χ0) is 15.2. The Kier molecular flexibility index (Phi) is 4.99. The second-order valence-corrected chi connectivity index (χ2v) is 5.28. The van der Waals surface area contributed by atoms with Crippen LogP contribution in [-0.2, 0) is 4.79 Å². The first-order valence-electron chi connectivity index (χ1n) is 7.16. The Bertz CT molecular complexity index is 568. The molecule has 0 heterocycles. The number of nitrogens with zero attached hydrogens (tertiary/aromatic N) is 2. The predicted octanol–water partition coefficient (Wildman–Crippen LogP) is 3.34. The van der Waals surface area contributed by atoms with Gasteiger partial charge in [0.1, 0.15) is 0 Å². The molecule has 2 aromatic carbocycles. The average molecular weight is 282 g/mol. The molecule has 2 rings (SSSR count). The Morgan fingerprint density at radius 3 is 2.05 bits per heavy atom. The van der Waals surface area contributed by atoms with E-state index < -0.39 is 0 Å². The quantitative estimate of drug-likeness (QED) is 0.839. The number of anilines is 1. The van der Waals surface area contributed by atoms with Gasteiger partial charge in [-0.3, -0.25) is 4.79 Å². The van der Waals surface area contributed by atoms with Crippen molar-refractivity contribution >= 4 is 11.6 Å². The SMILES string of the molecule is C[C@@H](c1ccccc1)N(C)C(=O)CN(C)c1ccccc1. The number of hydrogen-bond acceptors (Lipinski definition) is 2. The number of likely N-dealkylation sites (N-methyl/N-ethyl adjacent to an activating group) is 2. The van der Waals surface area contributed by atoms with Gasteiger partial charge in [-0.15, -0.1) is 0 Å². The van der Waals surface area contributed by atoms with Gasteiger partial charge in [0.25, 0.3) is 0 Å². The highest BCUT2D eigenvalue weighted by molar-refractivity contribution is 5.81. The van der Waals surface area contributed by atoms with E-state index in [9.17, 15) is 4.79 Å². The predicted molar refractivity (Wildman–Crippen MR) is 87.3 cm³/mol. The largest absolute Gasteiger partial charge is 0.365 e. The molecule has 0 saturated carbocycles. The van der Waals surface area contributed by atoms with Crippen molar-refractivity contribution in [2.45, 2.75) is 13.0 Å². The lowest BCUT2D eigenvalue weighted by Gasteiger charge is -2.28. The van der Waals surface area contributed by atoms with Crippen LogP contribution in [0.1, 0.15) is 18.5 Å².